The lowest BCUT2D eigenvalue weighted by molar-refractivity contribution is -0.146. The van der Waals surface area contributed by atoms with Gasteiger partial charge in [0.1, 0.15) is 6.54 Å². The molecule has 0 atom stereocenters. The highest BCUT2D eigenvalue weighted by Gasteiger charge is 2.10. The van der Waals surface area contributed by atoms with Crippen LogP contribution in [0, 0.1) is 0 Å². The third-order valence-electron chi connectivity index (χ3n) is 2.05. The lowest BCUT2D eigenvalue weighted by Gasteiger charge is -2.13. The van der Waals surface area contributed by atoms with E-state index in [0.29, 0.717) is 6.61 Å². The van der Waals surface area contributed by atoms with E-state index in [1.165, 1.54) is 11.0 Å². The molecule has 1 aromatic heterocycles. The fourth-order valence-corrected chi connectivity index (χ4v) is 2.33. The van der Waals surface area contributed by atoms with E-state index in [2.05, 4.69) is 15.9 Å². The molecule has 0 radical (unpaired) electrons. The summed E-state index contributed by atoms with van der Waals surface area (Å²) in [6, 6.07) is 1.92. The molecule has 1 rings (SSSR count). The second-order valence-electron chi connectivity index (χ2n) is 3.52. The minimum atomic E-state index is -0.403. The second-order valence-corrected chi connectivity index (χ2v) is 5.81. The summed E-state index contributed by atoms with van der Waals surface area (Å²) >= 11 is 4.89. The van der Waals surface area contributed by atoms with Gasteiger partial charge in [0.15, 0.2) is 0 Å². The fraction of sp³-hybridized carbons (Fsp3) is 0.333. The van der Waals surface area contributed by atoms with Gasteiger partial charge in [0, 0.05) is 13.1 Å². The lowest BCUT2D eigenvalue weighted by Crippen LogP contribution is -2.31. The molecule has 4 nitrogen and oxygen atoms in total. The Kier molecular flexibility index (Phi) is 6.07. The van der Waals surface area contributed by atoms with Crippen molar-refractivity contribution in [3.05, 3.63) is 26.9 Å². The predicted octanol–water partition coefficient (Wildman–Crippen LogP) is 2.55. The molecule has 0 saturated carbocycles. The second kappa shape index (κ2) is 7.33. The van der Waals surface area contributed by atoms with Crippen LogP contribution in [-0.2, 0) is 14.3 Å². The van der Waals surface area contributed by atoms with Crippen LogP contribution in [-0.4, -0.2) is 37.0 Å². The smallest absolute Gasteiger partial charge is 0.325 e. The van der Waals surface area contributed by atoms with Crippen molar-refractivity contribution in [2.24, 2.45) is 0 Å². The van der Waals surface area contributed by atoms with Crippen LogP contribution in [0.15, 0.2) is 21.3 Å². The highest BCUT2D eigenvalue weighted by molar-refractivity contribution is 9.11. The normalized spacial score (nSPS) is 10.6. The van der Waals surface area contributed by atoms with E-state index in [4.69, 9.17) is 4.74 Å². The summed E-state index contributed by atoms with van der Waals surface area (Å²) in [5.41, 5.74) is 0.949. The van der Waals surface area contributed by atoms with Crippen molar-refractivity contribution in [2.75, 3.05) is 20.2 Å². The zero-order chi connectivity index (χ0) is 13.5. The van der Waals surface area contributed by atoms with Gasteiger partial charge < -0.3 is 9.64 Å². The maximum absolute atomic E-state index is 11.7. The van der Waals surface area contributed by atoms with Crippen LogP contribution in [0.5, 0.6) is 0 Å². The summed E-state index contributed by atoms with van der Waals surface area (Å²) in [7, 11) is 1.56. The van der Waals surface area contributed by atoms with Crippen molar-refractivity contribution in [1.82, 2.24) is 4.90 Å². The summed E-state index contributed by atoms with van der Waals surface area (Å²) in [6.07, 6.45) is 3.15. The van der Waals surface area contributed by atoms with Crippen molar-refractivity contribution in [3.63, 3.8) is 0 Å². The molecule has 0 unspecified atom stereocenters. The molecule has 0 aliphatic heterocycles. The molecule has 0 N–H and O–H groups in total. The summed E-state index contributed by atoms with van der Waals surface area (Å²) in [6.45, 7) is 2.01. The summed E-state index contributed by atoms with van der Waals surface area (Å²) < 4.78 is 5.78. The first-order valence-corrected chi connectivity index (χ1v) is 7.03. The van der Waals surface area contributed by atoms with Crippen LogP contribution in [0.2, 0.25) is 0 Å². The zero-order valence-corrected chi connectivity index (χ0v) is 12.6. The number of carbonyl (C=O) groups excluding carboxylic acids is 2. The van der Waals surface area contributed by atoms with Crippen LogP contribution in [0.4, 0.5) is 0 Å². The average molecular weight is 332 g/mol. The Balaban J connectivity index is 2.49. The molecule has 0 aliphatic rings. The van der Waals surface area contributed by atoms with E-state index in [9.17, 15) is 9.59 Å². The number of nitrogens with zero attached hydrogens (tertiary/aromatic N) is 1. The van der Waals surface area contributed by atoms with Crippen LogP contribution in [0.3, 0.4) is 0 Å². The van der Waals surface area contributed by atoms with E-state index >= 15 is 0 Å². The molecule has 0 saturated heterocycles. The van der Waals surface area contributed by atoms with Gasteiger partial charge in [-0.05, 0) is 45.9 Å². The van der Waals surface area contributed by atoms with Crippen molar-refractivity contribution in [3.8, 4) is 0 Å². The average Bonchev–Trinajstić information content (AvgIpc) is 2.72. The molecule has 0 aliphatic carbocycles. The third-order valence-corrected chi connectivity index (χ3v) is 3.58. The van der Waals surface area contributed by atoms with Gasteiger partial charge in [0.25, 0.3) is 0 Å². The van der Waals surface area contributed by atoms with Crippen molar-refractivity contribution < 1.29 is 14.3 Å². The number of halogens is 1. The van der Waals surface area contributed by atoms with Crippen molar-refractivity contribution in [1.29, 1.82) is 0 Å². The Morgan fingerprint density at radius 2 is 2.28 bits per heavy atom. The molecule has 0 fully saturated rings. The minimum absolute atomic E-state index is 0.0374. The topological polar surface area (TPSA) is 46.6 Å². The molecule has 6 heteroatoms. The summed E-state index contributed by atoms with van der Waals surface area (Å²) in [4.78, 5) is 24.2. The Morgan fingerprint density at radius 3 is 2.83 bits per heavy atom. The SMILES string of the molecule is CCOC(=O)CN(C)C(=O)C=Cc1csc(Br)c1. The Labute approximate surface area is 118 Å². The molecule has 1 heterocycles. The number of ether oxygens (including phenoxy) is 1. The molecular formula is C12H14BrNO3S. The Bertz CT molecular complexity index is 456. The predicted molar refractivity (Wildman–Crippen MR) is 75.3 cm³/mol. The standard InChI is InChI=1S/C12H14BrNO3S/c1-3-17-12(16)7-14(2)11(15)5-4-9-6-10(13)18-8-9/h4-6,8H,3,7H2,1-2H3. The third kappa shape index (κ3) is 5.01. The van der Waals surface area contributed by atoms with Gasteiger partial charge in [-0.15, -0.1) is 11.3 Å². The quantitative estimate of drug-likeness (QED) is 0.615. The maximum Gasteiger partial charge on any atom is 0.325 e. The molecule has 0 aromatic carbocycles. The number of esters is 1. The van der Waals surface area contributed by atoms with E-state index in [1.807, 2.05) is 11.4 Å². The van der Waals surface area contributed by atoms with Gasteiger partial charge in [-0.25, -0.2) is 0 Å². The monoisotopic (exact) mass is 331 g/mol. The van der Waals surface area contributed by atoms with Gasteiger partial charge in [-0.3, -0.25) is 9.59 Å². The molecule has 18 heavy (non-hydrogen) atoms. The minimum Gasteiger partial charge on any atom is -0.465 e. The molecule has 98 valence electrons. The molecule has 1 aromatic rings. The van der Waals surface area contributed by atoms with Gasteiger partial charge in [0.2, 0.25) is 5.91 Å². The Hall–Kier alpha value is -1.14. The highest BCUT2D eigenvalue weighted by Crippen LogP contribution is 2.21. The number of thiophene rings is 1. The van der Waals surface area contributed by atoms with E-state index in [-0.39, 0.29) is 12.5 Å². The molecule has 0 bridgehead atoms. The van der Waals surface area contributed by atoms with E-state index in [1.54, 1.807) is 31.4 Å². The first kappa shape index (κ1) is 14.9. The number of likely N-dealkylation sites (N-methyl/N-ethyl adjacent to an activating group) is 1. The van der Waals surface area contributed by atoms with Crippen LogP contribution in [0.25, 0.3) is 6.08 Å². The number of hydrogen-bond donors (Lipinski definition) is 0. The van der Waals surface area contributed by atoms with Crippen LogP contribution in [0.1, 0.15) is 12.5 Å². The van der Waals surface area contributed by atoms with Crippen LogP contribution >= 0.6 is 27.3 Å². The van der Waals surface area contributed by atoms with Crippen LogP contribution < -0.4 is 0 Å². The zero-order valence-electron chi connectivity index (χ0n) is 10.2. The first-order valence-electron chi connectivity index (χ1n) is 5.35. The van der Waals surface area contributed by atoms with E-state index < -0.39 is 5.97 Å². The number of carbonyl (C=O) groups is 2. The van der Waals surface area contributed by atoms with Crippen molar-refractivity contribution >= 4 is 45.2 Å². The highest BCUT2D eigenvalue weighted by atomic mass is 79.9. The van der Waals surface area contributed by atoms with Crippen molar-refractivity contribution in [2.45, 2.75) is 6.92 Å². The maximum atomic E-state index is 11.7. The number of amides is 1. The van der Waals surface area contributed by atoms with Gasteiger partial charge in [-0.1, -0.05) is 0 Å². The Morgan fingerprint density at radius 1 is 1.56 bits per heavy atom. The lowest BCUT2D eigenvalue weighted by atomic mass is 10.3. The first-order chi connectivity index (χ1) is 8.52. The molecule has 1 amide bonds. The number of hydrogen-bond acceptors (Lipinski definition) is 4. The van der Waals surface area contributed by atoms with Gasteiger partial charge >= 0.3 is 5.97 Å². The van der Waals surface area contributed by atoms with Gasteiger partial charge in [-0.2, -0.15) is 0 Å². The fourth-order valence-electron chi connectivity index (χ4n) is 1.18. The molecular weight excluding hydrogens is 318 g/mol. The summed E-state index contributed by atoms with van der Waals surface area (Å²) in [5.74, 6) is -0.634. The molecule has 0 spiro atoms. The number of rotatable bonds is 5. The van der Waals surface area contributed by atoms with Gasteiger partial charge in [0.05, 0.1) is 10.4 Å². The summed E-state index contributed by atoms with van der Waals surface area (Å²) in [5, 5.41) is 1.93. The van der Waals surface area contributed by atoms with E-state index in [0.717, 1.165) is 9.35 Å². The largest absolute Gasteiger partial charge is 0.465 e.